The first-order valence-corrected chi connectivity index (χ1v) is 8.18. The molecule has 1 aliphatic carbocycles. The van der Waals surface area contributed by atoms with Gasteiger partial charge in [-0.3, -0.25) is 9.69 Å². The molecule has 1 aromatic heterocycles. The molecule has 1 saturated heterocycles. The number of pyridine rings is 1. The van der Waals surface area contributed by atoms with E-state index in [1.807, 2.05) is 19.1 Å². The first kappa shape index (κ1) is 15.3. The summed E-state index contributed by atoms with van der Waals surface area (Å²) in [6.07, 6.45) is 6.80. The van der Waals surface area contributed by atoms with Crippen molar-refractivity contribution in [1.82, 2.24) is 9.88 Å². The number of carbonyl (C=O) groups is 1. The molecule has 0 bridgehead atoms. The van der Waals surface area contributed by atoms with Crippen LogP contribution >= 0.6 is 0 Å². The van der Waals surface area contributed by atoms with E-state index >= 15 is 0 Å². The summed E-state index contributed by atoms with van der Waals surface area (Å²) < 4.78 is 5.47. The van der Waals surface area contributed by atoms with Gasteiger partial charge in [0.25, 0.3) is 0 Å². The summed E-state index contributed by atoms with van der Waals surface area (Å²) >= 11 is 0. The third kappa shape index (κ3) is 2.95. The van der Waals surface area contributed by atoms with Crippen LogP contribution in [0.3, 0.4) is 0 Å². The lowest BCUT2D eigenvalue weighted by atomic mass is 9.67. The van der Waals surface area contributed by atoms with Crippen molar-refractivity contribution in [1.29, 1.82) is 0 Å². The van der Waals surface area contributed by atoms with Gasteiger partial charge in [0, 0.05) is 24.3 Å². The Hall–Kier alpha value is -1.62. The Labute approximate surface area is 131 Å². The maximum Gasteiger partial charge on any atom is 0.306 e. The molecule has 120 valence electrons. The standard InChI is InChI=1S/C17H24N2O3/c1-2-22-15-10-13(4-8-18-15)12-19-9-5-14(16(20)21)11-17(19)6-3-7-17/h4,8,10,14H,2-3,5-7,9,11-12H2,1H3,(H,20,21). The molecule has 22 heavy (non-hydrogen) atoms. The minimum Gasteiger partial charge on any atom is -0.481 e. The Morgan fingerprint density at radius 3 is 3.00 bits per heavy atom. The second-order valence-electron chi connectivity index (χ2n) is 6.46. The topological polar surface area (TPSA) is 62.7 Å². The molecule has 1 saturated carbocycles. The monoisotopic (exact) mass is 304 g/mol. The number of aliphatic carboxylic acids is 1. The average Bonchev–Trinajstić information content (AvgIpc) is 2.46. The molecule has 2 heterocycles. The van der Waals surface area contributed by atoms with E-state index in [1.54, 1.807) is 6.20 Å². The van der Waals surface area contributed by atoms with Gasteiger partial charge in [0.2, 0.25) is 5.88 Å². The van der Waals surface area contributed by atoms with Gasteiger partial charge in [-0.2, -0.15) is 0 Å². The van der Waals surface area contributed by atoms with Crippen molar-refractivity contribution in [2.75, 3.05) is 13.2 Å². The zero-order valence-corrected chi connectivity index (χ0v) is 13.1. The molecule has 5 nitrogen and oxygen atoms in total. The number of ether oxygens (including phenoxy) is 1. The molecule has 2 aliphatic rings. The van der Waals surface area contributed by atoms with Crippen LogP contribution < -0.4 is 4.74 Å². The lowest BCUT2D eigenvalue weighted by Gasteiger charge is -2.54. The van der Waals surface area contributed by atoms with Crippen LogP contribution in [0.2, 0.25) is 0 Å². The van der Waals surface area contributed by atoms with Gasteiger partial charge in [0.05, 0.1) is 12.5 Å². The molecule has 0 amide bonds. The fourth-order valence-electron chi connectivity index (χ4n) is 3.80. The summed E-state index contributed by atoms with van der Waals surface area (Å²) in [6, 6.07) is 4.03. The normalized spacial score (nSPS) is 24.0. The van der Waals surface area contributed by atoms with E-state index in [4.69, 9.17) is 4.74 Å². The van der Waals surface area contributed by atoms with E-state index in [0.717, 1.165) is 38.8 Å². The Morgan fingerprint density at radius 2 is 2.36 bits per heavy atom. The summed E-state index contributed by atoms with van der Waals surface area (Å²) in [5, 5.41) is 9.32. The molecule has 3 rings (SSSR count). The number of likely N-dealkylation sites (tertiary alicyclic amines) is 1. The second-order valence-corrected chi connectivity index (χ2v) is 6.46. The highest BCUT2D eigenvalue weighted by Gasteiger charge is 2.47. The molecular formula is C17H24N2O3. The van der Waals surface area contributed by atoms with Gasteiger partial charge in [-0.15, -0.1) is 0 Å². The molecule has 1 aliphatic heterocycles. The summed E-state index contributed by atoms with van der Waals surface area (Å²) in [5.74, 6) is -0.135. The van der Waals surface area contributed by atoms with Crippen molar-refractivity contribution in [3.05, 3.63) is 23.9 Å². The largest absolute Gasteiger partial charge is 0.481 e. The van der Waals surface area contributed by atoms with Gasteiger partial charge >= 0.3 is 5.97 Å². The van der Waals surface area contributed by atoms with Crippen LogP contribution in [-0.4, -0.2) is 39.7 Å². The first-order chi connectivity index (χ1) is 10.6. The van der Waals surface area contributed by atoms with Crippen molar-refractivity contribution in [2.45, 2.75) is 51.1 Å². The van der Waals surface area contributed by atoms with E-state index in [1.165, 1.54) is 12.0 Å². The van der Waals surface area contributed by atoms with Crippen LogP contribution in [0.5, 0.6) is 5.88 Å². The van der Waals surface area contributed by atoms with E-state index in [-0.39, 0.29) is 11.5 Å². The van der Waals surface area contributed by atoms with Crippen LogP contribution in [0.4, 0.5) is 0 Å². The van der Waals surface area contributed by atoms with Crippen molar-refractivity contribution in [2.24, 2.45) is 5.92 Å². The Bertz CT molecular complexity index is 542. The molecule has 1 spiro atoms. The summed E-state index contributed by atoms with van der Waals surface area (Å²) in [7, 11) is 0. The molecule has 1 aromatic rings. The molecule has 0 radical (unpaired) electrons. The number of piperidine rings is 1. The molecule has 1 N–H and O–H groups in total. The van der Waals surface area contributed by atoms with Crippen LogP contribution in [0, 0.1) is 5.92 Å². The predicted octanol–water partition coefficient (Wildman–Crippen LogP) is 2.70. The number of rotatable bonds is 5. The minimum absolute atomic E-state index is 0.107. The van der Waals surface area contributed by atoms with Crippen LogP contribution in [-0.2, 0) is 11.3 Å². The number of carboxylic acids is 1. The van der Waals surface area contributed by atoms with Crippen molar-refractivity contribution >= 4 is 5.97 Å². The summed E-state index contributed by atoms with van der Waals surface area (Å²) in [5.41, 5.74) is 1.30. The van der Waals surface area contributed by atoms with E-state index in [9.17, 15) is 9.90 Å². The summed E-state index contributed by atoms with van der Waals surface area (Å²) in [6.45, 7) is 4.29. The molecular weight excluding hydrogens is 280 g/mol. The average molecular weight is 304 g/mol. The first-order valence-electron chi connectivity index (χ1n) is 8.18. The number of carboxylic acid groups (broad SMARTS) is 1. The highest BCUT2D eigenvalue weighted by molar-refractivity contribution is 5.70. The van der Waals surface area contributed by atoms with Crippen LogP contribution in [0.1, 0.15) is 44.6 Å². The van der Waals surface area contributed by atoms with Crippen molar-refractivity contribution in [3.8, 4) is 5.88 Å². The molecule has 2 fully saturated rings. The van der Waals surface area contributed by atoms with Gasteiger partial charge in [0.1, 0.15) is 0 Å². The highest BCUT2D eigenvalue weighted by Crippen LogP contribution is 2.46. The van der Waals surface area contributed by atoms with E-state index in [2.05, 4.69) is 9.88 Å². The number of hydrogen-bond donors (Lipinski definition) is 1. The lowest BCUT2D eigenvalue weighted by molar-refractivity contribution is -0.148. The third-order valence-electron chi connectivity index (χ3n) is 5.14. The third-order valence-corrected chi connectivity index (χ3v) is 5.14. The second kappa shape index (κ2) is 6.24. The molecule has 5 heteroatoms. The quantitative estimate of drug-likeness (QED) is 0.906. The van der Waals surface area contributed by atoms with Gasteiger partial charge in [-0.1, -0.05) is 0 Å². The van der Waals surface area contributed by atoms with Gasteiger partial charge in [-0.25, -0.2) is 4.98 Å². The SMILES string of the molecule is CCOc1cc(CN2CCC(C(=O)O)CC23CCC3)ccn1. The fourth-order valence-corrected chi connectivity index (χ4v) is 3.80. The summed E-state index contributed by atoms with van der Waals surface area (Å²) in [4.78, 5) is 18.0. The Kier molecular flexibility index (Phi) is 4.34. The Balaban J connectivity index is 1.71. The number of hydrogen-bond acceptors (Lipinski definition) is 4. The number of aromatic nitrogens is 1. The number of nitrogens with zero attached hydrogens (tertiary/aromatic N) is 2. The molecule has 1 unspecified atom stereocenters. The highest BCUT2D eigenvalue weighted by atomic mass is 16.5. The maximum atomic E-state index is 11.3. The van der Waals surface area contributed by atoms with Gasteiger partial charge in [-0.05, 0) is 57.2 Å². The molecule has 0 aromatic carbocycles. The zero-order chi connectivity index (χ0) is 15.6. The van der Waals surface area contributed by atoms with Gasteiger partial charge in [0.15, 0.2) is 0 Å². The lowest BCUT2D eigenvalue weighted by Crippen LogP contribution is -2.58. The van der Waals surface area contributed by atoms with Crippen LogP contribution in [0.15, 0.2) is 18.3 Å². The minimum atomic E-state index is -0.631. The van der Waals surface area contributed by atoms with Crippen LogP contribution in [0.25, 0.3) is 0 Å². The smallest absolute Gasteiger partial charge is 0.306 e. The van der Waals surface area contributed by atoms with E-state index in [0.29, 0.717) is 12.5 Å². The molecule has 1 atom stereocenters. The van der Waals surface area contributed by atoms with Crippen molar-refractivity contribution < 1.29 is 14.6 Å². The van der Waals surface area contributed by atoms with E-state index < -0.39 is 5.97 Å². The predicted molar refractivity (Wildman–Crippen MR) is 82.8 cm³/mol. The maximum absolute atomic E-state index is 11.3. The zero-order valence-electron chi connectivity index (χ0n) is 13.1. The fraction of sp³-hybridized carbons (Fsp3) is 0.647. The Morgan fingerprint density at radius 1 is 1.55 bits per heavy atom. The van der Waals surface area contributed by atoms with Crippen molar-refractivity contribution in [3.63, 3.8) is 0 Å². The van der Waals surface area contributed by atoms with Gasteiger partial charge < -0.3 is 9.84 Å².